The predicted octanol–water partition coefficient (Wildman–Crippen LogP) is 6.65. The van der Waals surface area contributed by atoms with Crippen LogP contribution in [0.4, 0.5) is 17.1 Å². The second-order valence-corrected chi connectivity index (χ2v) is 9.58. The molecular formula is C26H19Cl2N7OS. The minimum atomic E-state index is -0.396. The number of hydrogen-bond donors (Lipinski definition) is 2. The average molecular weight is 548 g/mol. The number of halogens is 2. The fraction of sp³-hybridized carbons (Fsp3) is 0.0385. The van der Waals surface area contributed by atoms with Gasteiger partial charge in [-0.15, -0.1) is 5.10 Å². The molecule has 5 rings (SSSR count). The Hall–Kier alpha value is -3.92. The van der Waals surface area contributed by atoms with Crippen molar-refractivity contribution in [2.75, 3.05) is 10.6 Å². The molecule has 0 radical (unpaired) electrons. The SMILES string of the molecule is O=C(Nc1ccc(Nc2ccccc2)cc1)c1nnn(-c2cc(Cl)cc(Cl)c2)c1CSc1ncccn1. The van der Waals surface area contributed by atoms with Crippen molar-refractivity contribution in [1.29, 1.82) is 0 Å². The van der Waals surface area contributed by atoms with Crippen LogP contribution in [0.1, 0.15) is 16.2 Å². The molecule has 2 aromatic heterocycles. The van der Waals surface area contributed by atoms with Crippen molar-refractivity contribution in [3.8, 4) is 5.69 Å². The van der Waals surface area contributed by atoms with Crippen LogP contribution in [-0.4, -0.2) is 30.9 Å². The number of nitrogens with zero attached hydrogens (tertiary/aromatic N) is 5. The van der Waals surface area contributed by atoms with Crippen molar-refractivity contribution in [3.63, 3.8) is 0 Å². The predicted molar refractivity (Wildman–Crippen MR) is 147 cm³/mol. The van der Waals surface area contributed by atoms with Crippen molar-refractivity contribution in [1.82, 2.24) is 25.0 Å². The zero-order valence-corrected chi connectivity index (χ0v) is 21.5. The van der Waals surface area contributed by atoms with Gasteiger partial charge in [-0.3, -0.25) is 4.79 Å². The molecule has 0 saturated carbocycles. The quantitative estimate of drug-likeness (QED) is 0.165. The number of anilines is 3. The highest BCUT2D eigenvalue weighted by molar-refractivity contribution is 7.98. The lowest BCUT2D eigenvalue weighted by Crippen LogP contribution is -2.15. The van der Waals surface area contributed by atoms with Crippen molar-refractivity contribution >= 4 is 57.9 Å². The Morgan fingerprint density at radius 1 is 0.838 bits per heavy atom. The number of carbonyl (C=O) groups is 1. The summed E-state index contributed by atoms with van der Waals surface area (Å²) in [5.74, 6) is -0.0585. The molecule has 0 atom stereocenters. The normalized spacial score (nSPS) is 10.8. The minimum absolute atomic E-state index is 0.172. The summed E-state index contributed by atoms with van der Waals surface area (Å²) in [4.78, 5) is 21.8. The van der Waals surface area contributed by atoms with Gasteiger partial charge in [0, 0.05) is 45.3 Å². The highest BCUT2D eigenvalue weighted by Crippen LogP contribution is 2.27. The molecule has 0 aliphatic carbocycles. The molecule has 0 fully saturated rings. The largest absolute Gasteiger partial charge is 0.356 e. The van der Waals surface area contributed by atoms with Crippen LogP contribution in [0.3, 0.4) is 0 Å². The van der Waals surface area contributed by atoms with E-state index in [0.29, 0.717) is 38.0 Å². The van der Waals surface area contributed by atoms with Crippen LogP contribution in [0.5, 0.6) is 0 Å². The van der Waals surface area contributed by atoms with Crippen LogP contribution in [-0.2, 0) is 5.75 Å². The first-order valence-corrected chi connectivity index (χ1v) is 12.8. The maximum Gasteiger partial charge on any atom is 0.278 e. The number of amides is 1. The van der Waals surface area contributed by atoms with Gasteiger partial charge < -0.3 is 10.6 Å². The van der Waals surface area contributed by atoms with E-state index in [-0.39, 0.29) is 5.69 Å². The molecule has 37 heavy (non-hydrogen) atoms. The van der Waals surface area contributed by atoms with E-state index in [9.17, 15) is 4.79 Å². The fourth-order valence-corrected chi connectivity index (χ4v) is 4.79. The third-order valence-electron chi connectivity index (χ3n) is 5.16. The van der Waals surface area contributed by atoms with E-state index < -0.39 is 5.91 Å². The van der Waals surface area contributed by atoms with Crippen LogP contribution in [0.15, 0.2) is 96.4 Å². The third kappa shape index (κ3) is 6.26. The van der Waals surface area contributed by atoms with Crippen molar-refractivity contribution in [2.24, 2.45) is 0 Å². The first-order valence-electron chi connectivity index (χ1n) is 11.1. The van der Waals surface area contributed by atoms with Gasteiger partial charge in [0.05, 0.1) is 11.4 Å². The molecule has 0 aliphatic rings. The standard InChI is InChI=1S/C26H19Cl2N7OS/c27-17-13-18(28)15-22(14-17)35-23(16-37-26-29-11-4-12-30-26)24(33-34-35)25(36)32-21-9-7-20(8-10-21)31-19-5-2-1-3-6-19/h1-15,31H,16H2,(H,32,36). The summed E-state index contributed by atoms with van der Waals surface area (Å²) in [5.41, 5.74) is 3.80. The van der Waals surface area contributed by atoms with Crippen LogP contribution < -0.4 is 10.6 Å². The summed E-state index contributed by atoms with van der Waals surface area (Å²) in [6, 6.07) is 24.0. The van der Waals surface area contributed by atoms with E-state index in [2.05, 4.69) is 30.9 Å². The number of benzene rings is 3. The van der Waals surface area contributed by atoms with Crippen LogP contribution >= 0.6 is 35.0 Å². The lowest BCUT2D eigenvalue weighted by molar-refractivity contribution is 0.102. The molecule has 1 amide bonds. The zero-order valence-electron chi connectivity index (χ0n) is 19.2. The zero-order chi connectivity index (χ0) is 25.6. The van der Waals surface area contributed by atoms with Gasteiger partial charge in [-0.1, -0.05) is 58.4 Å². The number of nitrogens with one attached hydrogen (secondary N) is 2. The van der Waals surface area contributed by atoms with Gasteiger partial charge in [0.2, 0.25) is 0 Å². The van der Waals surface area contributed by atoms with E-state index in [1.807, 2.05) is 54.6 Å². The summed E-state index contributed by atoms with van der Waals surface area (Å²) in [6.07, 6.45) is 3.32. The number of thioether (sulfide) groups is 1. The van der Waals surface area contributed by atoms with Crippen LogP contribution in [0, 0.1) is 0 Å². The number of hydrogen-bond acceptors (Lipinski definition) is 7. The maximum atomic E-state index is 13.3. The number of aromatic nitrogens is 5. The summed E-state index contributed by atoms with van der Waals surface area (Å²) < 4.78 is 1.55. The van der Waals surface area contributed by atoms with Crippen molar-refractivity contribution in [3.05, 3.63) is 113 Å². The molecule has 2 heterocycles. The minimum Gasteiger partial charge on any atom is -0.356 e. The molecule has 184 valence electrons. The summed E-state index contributed by atoms with van der Waals surface area (Å²) in [6.45, 7) is 0. The van der Waals surface area contributed by atoms with Gasteiger partial charge in [-0.25, -0.2) is 14.6 Å². The topological polar surface area (TPSA) is 97.6 Å². The second kappa shape index (κ2) is 11.4. The molecule has 0 bridgehead atoms. The van der Waals surface area contributed by atoms with Gasteiger partial charge in [-0.2, -0.15) is 0 Å². The highest BCUT2D eigenvalue weighted by atomic mass is 35.5. The summed E-state index contributed by atoms with van der Waals surface area (Å²) in [7, 11) is 0. The number of para-hydroxylation sites is 1. The van der Waals surface area contributed by atoms with E-state index in [1.165, 1.54) is 11.8 Å². The monoisotopic (exact) mass is 547 g/mol. The molecular weight excluding hydrogens is 529 g/mol. The highest BCUT2D eigenvalue weighted by Gasteiger charge is 2.22. The van der Waals surface area contributed by atoms with Gasteiger partial charge >= 0.3 is 0 Å². The molecule has 0 aliphatic heterocycles. The lowest BCUT2D eigenvalue weighted by atomic mass is 10.2. The summed E-state index contributed by atoms with van der Waals surface area (Å²) >= 11 is 13.8. The first-order chi connectivity index (χ1) is 18.0. The van der Waals surface area contributed by atoms with Gasteiger partial charge in [0.25, 0.3) is 5.91 Å². The second-order valence-electron chi connectivity index (χ2n) is 7.77. The lowest BCUT2D eigenvalue weighted by Gasteiger charge is -2.10. The third-order valence-corrected chi connectivity index (χ3v) is 6.48. The van der Waals surface area contributed by atoms with E-state index in [1.54, 1.807) is 41.3 Å². The van der Waals surface area contributed by atoms with E-state index in [4.69, 9.17) is 23.2 Å². The van der Waals surface area contributed by atoms with E-state index in [0.717, 1.165) is 11.4 Å². The van der Waals surface area contributed by atoms with Gasteiger partial charge in [0.15, 0.2) is 10.9 Å². The molecule has 3 aromatic carbocycles. The molecule has 2 N–H and O–H groups in total. The molecule has 0 spiro atoms. The Morgan fingerprint density at radius 2 is 1.49 bits per heavy atom. The molecule has 0 saturated heterocycles. The molecule has 5 aromatic rings. The Kier molecular flexibility index (Phi) is 7.65. The van der Waals surface area contributed by atoms with Gasteiger partial charge in [-0.05, 0) is 60.7 Å². The van der Waals surface area contributed by atoms with Crippen LogP contribution in [0.2, 0.25) is 10.0 Å². The Bertz CT molecular complexity index is 1490. The molecule has 11 heteroatoms. The maximum absolute atomic E-state index is 13.3. The van der Waals surface area contributed by atoms with Crippen molar-refractivity contribution < 1.29 is 4.79 Å². The summed E-state index contributed by atoms with van der Waals surface area (Å²) in [5, 5.41) is 16.1. The number of rotatable bonds is 8. The first kappa shape index (κ1) is 24.8. The van der Waals surface area contributed by atoms with E-state index >= 15 is 0 Å². The Morgan fingerprint density at radius 3 is 2.19 bits per heavy atom. The average Bonchev–Trinajstić information content (AvgIpc) is 3.33. The molecule has 8 nitrogen and oxygen atoms in total. The smallest absolute Gasteiger partial charge is 0.278 e. The fourth-order valence-electron chi connectivity index (χ4n) is 3.48. The Labute approximate surface area is 227 Å². The number of carbonyl (C=O) groups excluding carboxylic acids is 1. The van der Waals surface area contributed by atoms with Crippen molar-refractivity contribution in [2.45, 2.75) is 10.9 Å². The Balaban J connectivity index is 1.39. The van der Waals surface area contributed by atoms with Gasteiger partial charge in [0.1, 0.15) is 0 Å². The molecule has 0 unspecified atom stereocenters. The van der Waals surface area contributed by atoms with Crippen LogP contribution in [0.25, 0.3) is 5.69 Å².